The summed E-state index contributed by atoms with van der Waals surface area (Å²) in [6.45, 7) is 9.15. The van der Waals surface area contributed by atoms with Crippen molar-refractivity contribution in [1.82, 2.24) is 15.5 Å². The van der Waals surface area contributed by atoms with Gasteiger partial charge in [-0.1, -0.05) is 6.07 Å². The van der Waals surface area contributed by atoms with Gasteiger partial charge in [-0.25, -0.2) is 0 Å². The summed E-state index contributed by atoms with van der Waals surface area (Å²) < 4.78 is 11.1. The van der Waals surface area contributed by atoms with E-state index in [-0.39, 0.29) is 24.0 Å². The first-order valence-electron chi connectivity index (χ1n) is 10.1. The van der Waals surface area contributed by atoms with Gasteiger partial charge < -0.3 is 20.1 Å². The van der Waals surface area contributed by atoms with E-state index in [9.17, 15) is 0 Å². The number of aliphatic imine (C=N–C) groups is 1. The van der Waals surface area contributed by atoms with Gasteiger partial charge in [-0.2, -0.15) is 0 Å². The predicted molar refractivity (Wildman–Crippen MR) is 127 cm³/mol. The van der Waals surface area contributed by atoms with E-state index in [0.717, 1.165) is 65.0 Å². The predicted octanol–water partition coefficient (Wildman–Crippen LogP) is 3.11. The number of ether oxygens (including phenoxy) is 2. The molecule has 28 heavy (non-hydrogen) atoms. The Morgan fingerprint density at radius 3 is 2.75 bits per heavy atom. The molecule has 3 rings (SSSR count). The van der Waals surface area contributed by atoms with E-state index >= 15 is 0 Å². The first-order chi connectivity index (χ1) is 13.3. The van der Waals surface area contributed by atoms with Crippen LogP contribution in [0.1, 0.15) is 37.1 Å². The van der Waals surface area contributed by atoms with E-state index in [2.05, 4.69) is 45.0 Å². The summed E-state index contributed by atoms with van der Waals surface area (Å²) >= 11 is 1.83. The summed E-state index contributed by atoms with van der Waals surface area (Å²) in [4.78, 5) is 8.35. The number of hydrogen-bond acceptors (Lipinski definition) is 5. The number of guanidine groups is 1. The highest BCUT2D eigenvalue weighted by molar-refractivity contribution is 14.0. The molecule has 0 spiro atoms. The second-order valence-corrected chi connectivity index (χ2v) is 8.41. The molecular formula is C20H35IN4O2S. The van der Waals surface area contributed by atoms with E-state index in [1.54, 1.807) is 0 Å². The van der Waals surface area contributed by atoms with Gasteiger partial charge in [-0.3, -0.25) is 9.89 Å². The summed E-state index contributed by atoms with van der Waals surface area (Å²) in [7, 11) is 1.85. The molecule has 1 saturated heterocycles. The average molecular weight is 522 g/mol. The van der Waals surface area contributed by atoms with Gasteiger partial charge in [0.05, 0.1) is 19.3 Å². The van der Waals surface area contributed by atoms with Crippen LogP contribution in [0.5, 0.6) is 0 Å². The van der Waals surface area contributed by atoms with Crippen molar-refractivity contribution in [3.05, 3.63) is 22.4 Å². The van der Waals surface area contributed by atoms with Crippen LogP contribution in [0.2, 0.25) is 0 Å². The van der Waals surface area contributed by atoms with Crippen LogP contribution in [0.25, 0.3) is 0 Å². The highest BCUT2D eigenvalue weighted by Crippen LogP contribution is 2.48. The Hall–Kier alpha value is -0.420. The topological polar surface area (TPSA) is 58.1 Å². The minimum absolute atomic E-state index is 0. The standard InChI is InChI=1S/C20H34N4O2S.HI/c1-3-25-11-8-20(6-7-20)16-23-19(21-2)22-15-17(18-5-4-14-27-18)24-9-12-26-13-10-24;/h4-5,14,17H,3,6-13,15-16H2,1-2H3,(H2,21,22,23);1H. The Morgan fingerprint density at radius 2 is 2.14 bits per heavy atom. The molecule has 0 bridgehead atoms. The lowest BCUT2D eigenvalue weighted by atomic mass is 10.0. The van der Waals surface area contributed by atoms with Crippen LogP contribution in [0.3, 0.4) is 0 Å². The van der Waals surface area contributed by atoms with Crippen molar-refractivity contribution in [2.24, 2.45) is 10.4 Å². The molecule has 160 valence electrons. The van der Waals surface area contributed by atoms with Crippen LogP contribution in [-0.4, -0.2) is 70.5 Å². The highest BCUT2D eigenvalue weighted by atomic mass is 127. The van der Waals surface area contributed by atoms with Crippen molar-refractivity contribution in [3.8, 4) is 0 Å². The van der Waals surface area contributed by atoms with Crippen molar-refractivity contribution in [2.75, 3.05) is 59.7 Å². The van der Waals surface area contributed by atoms with E-state index in [1.165, 1.54) is 17.7 Å². The SMILES string of the molecule is CCOCCC1(CNC(=NC)NCC(c2cccs2)N2CCOCC2)CC1.I. The molecule has 0 aromatic carbocycles. The van der Waals surface area contributed by atoms with Crippen molar-refractivity contribution in [3.63, 3.8) is 0 Å². The van der Waals surface area contributed by atoms with Gasteiger partial charge in [-0.15, -0.1) is 35.3 Å². The first-order valence-corrected chi connectivity index (χ1v) is 11.0. The van der Waals surface area contributed by atoms with Gasteiger partial charge in [0.1, 0.15) is 0 Å². The monoisotopic (exact) mass is 522 g/mol. The van der Waals surface area contributed by atoms with E-state index < -0.39 is 0 Å². The molecule has 1 aliphatic carbocycles. The summed E-state index contributed by atoms with van der Waals surface area (Å²) in [6.07, 6.45) is 3.71. The maximum absolute atomic E-state index is 5.54. The largest absolute Gasteiger partial charge is 0.382 e. The Labute approximate surface area is 190 Å². The Bertz CT molecular complexity index is 575. The van der Waals surface area contributed by atoms with Gasteiger partial charge in [0, 0.05) is 51.3 Å². The third kappa shape index (κ3) is 7.12. The van der Waals surface area contributed by atoms with Crippen molar-refractivity contribution in [2.45, 2.75) is 32.2 Å². The van der Waals surface area contributed by atoms with E-state index in [1.807, 2.05) is 18.4 Å². The normalized spacial score (nSPS) is 20.3. The average Bonchev–Trinajstić information content (AvgIpc) is 3.26. The van der Waals surface area contributed by atoms with Crippen LogP contribution in [0, 0.1) is 5.41 Å². The van der Waals surface area contributed by atoms with Gasteiger partial charge in [0.25, 0.3) is 0 Å². The number of thiophene rings is 1. The maximum Gasteiger partial charge on any atom is 0.191 e. The molecule has 2 fully saturated rings. The smallest absolute Gasteiger partial charge is 0.191 e. The molecule has 1 aromatic heterocycles. The second kappa shape index (κ2) is 12.3. The van der Waals surface area contributed by atoms with Crippen LogP contribution in [-0.2, 0) is 9.47 Å². The Morgan fingerprint density at radius 1 is 1.36 bits per heavy atom. The summed E-state index contributed by atoms with van der Waals surface area (Å²) in [6, 6.07) is 4.73. The third-order valence-corrected chi connectivity index (χ3v) is 6.59. The Balaban J connectivity index is 0.00000280. The molecule has 2 N–H and O–H groups in total. The molecule has 0 radical (unpaired) electrons. The lowest BCUT2D eigenvalue weighted by Gasteiger charge is -2.34. The summed E-state index contributed by atoms with van der Waals surface area (Å²) in [5, 5.41) is 9.26. The molecule has 6 nitrogen and oxygen atoms in total. The highest BCUT2D eigenvalue weighted by Gasteiger charge is 2.42. The molecule has 0 amide bonds. The third-order valence-electron chi connectivity index (χ3n) is 5.61. The molecule has 1 saturated carbocycles. The zero-order valence-corrected chi connectivity index (χ0v) is 20.3. The van der Waals surface area contributed by atoms with E-state index in [4.69, 9.17) is 9.47 Å². The van der Waals surface area contributed by atoms with Crippen molar-refractivity contribution < 1.29 is 9.47 Å². The first kappa shape index (κ1) is 23.9. The molecule has 1 aliphatic heterocycles. The van der Waals surface area contributed by atoms with Crippen molar-refractivity contribution >= 4 is 41.3 Å². The van der Waals surface area contributed by atoms with Crippen LogP contribution in [0.4, 0.5) is 0 Å². The minimum atomic E-state index is 0. The molecule has 1 aromatic rings. The second-order valence-electron chi connectivity index (χ2n) is 7.43. The number of nitrogens with one attached hydrogen (secondary N) is 2. The molecule has 1 unspecified atom stereocenters. The number of rotatable bonds is 10. The number of nitrogens with zero attached hydrogens (tertiary/aromatic N) is 2. The lowest BCUT2D eigenvalue weighted by Crippen LogP contribution is -2.47. The van der Waals surface area contributed by atoms with E-state index in [0.29, 0.717) is 11.5 Å². The number of hydrogen-bond donors (Lipinski definition) is 2. The number of morpholine rings is 1. The van der Waals surface area contributed by atoms with Crippen LogP contribution < -0.4 is 10.6 Å². The minimum Gasteiger partial charge on any atom is -0.382 e. The van der Waals surface area contributed by atoms with Gasteiger partial charge in [-0.05, 0) is 43.0 Å². The fraction of sp³-hybridized carbons (Fsp3) is 0.750. The van der Waals surface area contributed by atoms with Crippen LogP contribution in [0.15, 0.2) is 22.5 Å². The summed E-state index contributed by atoms with van der Waals surface area (Å²) in [5.41, 5.74) is 0.407. The molecule has 2 heterocycles. The molecular weight excluding hydrogens is 487 g/mol. The fourth-order valence-corrected chi connectivity index (χ4v) is 4.45. The molecule has 1 atom stereocenters. The van der Waals surface area contributed by atoms with Crippen molar-refractivity contribution in [1.29, 1.82) is 0 Å². The van der Waals surface area contributed by atoms with Gasteiger partial charge in [0.2, 0.25) is 0 Å². The zero-order chi connectivity index (χ0) is 19.0. The quantitative estimate of drug-likeness (QED) is 0.214. The van der Waals surface area contributed by atoms with Crippen LogP contribution >= 0.6 is 35.3 Å². The maximum atomic E-state index is 5.54. The fourth-order valence-electron chi connectivity index (χ4n) is 3.59. The Kier molecular flexibility index (Phi) is 10.5. The van der Waals surface area contributed by atoms with Gasteiger partial charge >= 0.3 is 0 Å². The number of halogens is 1. The van der Waals surface area contributed by atoms with Gasteiger partial charge in [0.15, 0.2) is 5.96 Å². The lowest BCUT2D eigenvalue weighted by molar-refractivity contribution is 0.0177. The molecule has 2 aliphatic rings. The molecule has 8 heteroatoms. The zero-order valence-electron chi connectivity index (χ0n) is 17.1. The summed E-state index contributed by atoms with van der Waals surface area (Å²) in [5.74, 6) is 0.896.